The van der Waals surface area contributed by atoms with Gasteiger partial charge in [-0.25, -0.2) is 4.98 Å². The maximum atomic E-state index is 6.42. The minimum atomic E-state index is 0. The van der Waals surface area contributed by atoms with Gasteiger partial charge in [0.1, 0.15) is 5.82 Å². The van der Waals surface area contributed by atoms with Gasteiger partial charge in [0.25, 0.3) is 0 Å². The summed E-state index contributed by atoms with van der Waals surface area (Å²) in [5.74, 6) is 2.07. The van der Waals surface area contributed by atoms with E-state index in [2.05, 4.69) is 106 Å². The van der Waals surface area contributed by atoms with Crippen molar-refractivity contribution in [2.45, 2.75) is 48.0 Å². The number of aryl methyl sites for hydroxylation is 2. The van der Waals surface area contributed by atoms with Gasteiger partial charge in [-0.3, -0.25) is 4.68 Å². The first-order chi connectivity index (χ1) is 21.6. The molecule has 0 saturated carbocycles. The maximum Gasteiger partial charge on any atom is 2.00 e. The average molecular weight is 784 g/mol. The topological polar surface area (TPSA) is 44.9 Å². The van der Waals surface area contributed by atoms with Crippen molar-refractivity contribution in [3.05, 3.63) is 132 Å². The van der Waals surface area contributed by atoms with E-state index in [1.54, 1.807) is 0 Å². The Balaban J connectivity index is 0.00000372. The zero-order chi connectivity index (χ0) is 31.3. The molecule has 5 nitrogen and oxygen atoms in total. The molecule has 0 radical (unpaired) electrons. The first-order valence-electron chi connectivity index (χ1n) is 15.4. The number of hydrogen-bond acceptors (Lipinski definition) is 3. The molecule has 232 valence electrons. The van der Waals surface area contributed by atoms with Crippen LogP contribution in [0.2, 0.25) is 0 Å². The predicted octanol–water partition coefficient (Wildman–Crippen LogP) is 9.94. The second-order valence-corrected chi connectivity index (χ2v) is 13.0. The Morgan fingerprint density at radius 1 is 0.783 bits per heavy atom. The van der Waals surface area contributed by atoms with Crippen molar-refractivity contribution in [2.75, 3.05) is 0 Å². The van der Waals surface area contributed by atoms with E-state index in [1.807, 2.05) is 54.2 Å². The summed E-state index contributed by atoms with van der Waals surface area (Å²) in [5, 5.41) is 7.16. The Labute approximate surface area is 285 Å². The largest absolute Gasteiger partial charge is 2.00 e. The Kier molecular flexibility index (Phi) is 8.48. The van der Waals surface area contributed by atoms with E-state index in [0.29, 0.717) is 11.5 Å². The second kappa shape index (κ2) is 12.4. The van der Waals surface area contributed by atoms with Gasteiger partial charge in [-0.2, -0.15) is 17.2 Å². The molecule has 0 fully saturated rings. The molecule has 0 spiro atoms. The summed E-state index contributed by atoms with van der Waals surface area (Å²) in [5.41, 5.74) is 9.82. The first kappa shape index (κ1) is 31.5. The molecule has 0 unspecified atom stereocenters. The fourth-order valence-electron chi connectivity index (χ4n) is 6.27. The summed E-state index contributed by atoms with van der Waals surface area (Å²) >= 11 is 0. The van der Waals surface area contributed by atoms with Crippen LogP contribution in [0.4, 0.5) is 0 Å². The Morgan fingerprint density at radius 2 is 1.57 bits per heavy atom. The van der Waals surface area contributed by atoms with Gasteiger partial charge >= 0.3 is 21.1 Å². The molecule has 7 aromatic rings. The van der Waals surface area contributed by atoms with Crippen LogP contribution in [0, 0.1) is 38.3 Å². The van der Waals surface area contributed by atoms with Gasteiger partial charge in [0.15, 0.2) is 0 Å². The normalized spacial score (nSPS) is 11.6. The molecule has 6 heteroatoms. The molecule has 7 rings (SSSR count). The fourth-order valence-corrected chi connectivity index (χ4v) is 6.27. The molecule has 0 atom stereocenters. The third kappa shape index (κ3) is 6.04. The van der Waals surface area contributed by atoms with Crippen molar-refractivity contribution in [3.63, 3.8) is 0 Å². The predicted molar refractivity (Wildman–Crippen MR) is 183 cm³/mol. The number of aromatic nitrogens is 4. The number of hydrogen-bond donors (Lipinski definition) is 0. The SMILES string of the molecule is Cc1ccnc(-n2c3[c-]c(Oc4[c-]c(-n5nc(C)c(-c6ccccc6)c5C)ccc4)ccc3c3cc(CC(C)(C)C)ccc32)c1.[Pt+2]. The quantitative estimate of drug-likeness (QED) is 0.158. The van der Waals surface area contributed by atoms with E-state index in [9.17, 15) is 0 Å². The number of pyridine rings is 1. The Bertz CT molecular complexity index is 2190. The summed E-state index contributed by atoms with van der Waals surface area (Å²) in [7, 11) is 0. The van der Waals surface area contributed by atoms with Gasteiger partial charge in [0.05, 0.1) is 5.69 Å². The molecule has 0 aliphatic carbocycles. The van der Waals surface area contributed by atoms with E-state index in [1.165, 1.54) is 10.9 Å². The van der Waals surface area contributed by atoms with Gasteiger partial charge in [0.2, 0.25) is 0 Å². The molecule has 3 heterocycles. The average Bonchev–Trinajstić information content (AvgIpc) is 3.49. The van der Waals surface area contributed by atoms with Crippen LogP contribution in [0.15, 0.2) is 97.2 Å². The summed E-state index contributed by atoms with van der Waals surface area (Å²) in [6, 6.07) is 38.3. The number of fused-ring (bicyclic) bond motifs is 3. The van der Waals surface area contributed by atoms with Crippen molar-refractivity contribution < 1.29 is 25.8 Å². The Hall–Kier alpha value is -4.47. The number of benzene rings is 4. The summed E-state index contributed by atoms with van der Waals surface area (Å²) in [6.07, 6.45) is 2.86. The minimum absolute atomic E-state index is 0. The maximum absolute atomic E-state index is 6.42. The fraction of sp³-hybridized carbons (Fsp3) is 0.200. The zero-order valence-corrected chi connectivity index (χ0v) is 29.2. The minimum Gasteiger partial charge on any atom is -0.509 e. The van der Waals surface area contributed by atoms with Crippen LogP contribution in [0.25, 0.3) is 44.4 Å². The van der Waals surface area contributed by atoms with Gasteiger partial charge in [-0.15, -0.1) is 35.7 Å². The molecular weight excluding hydrogens is 748 g/mol. The molecular formula is C40H36N4OPt. The number of rotatable bonds is 6. The van der Waals surface area contributed by atoms with E-state index in [4.69, 9.17) is 14.8 Å². The van der Waals surface area contributed by atoms with Crippen molar-refractivity contribution in [3.8, 4) is 34.1 Å². The summed E-state index contributed by atoms with van der Waals surface area (Å²) in [6.45, 7) is 13.1. The monoisotopic (exact) mass is 783 g/mol. The number of nitrogens with zero attached hydrogens (tertiary/aromatic N) is 4. The zero-order valence-electron chi connectivity index (χ0n) is 27.0. The first-order valence-corrected chi connectivity index (χ1v) is 15.4. The molecule has 3 aromatic heterocycles. The third-order valence-corrected chi connectivity index (χ3v) is 8.13. The molecule has 4 aromatic carbocycles. The summed E-state index contributed by atoms with van der Waals surface area (Å²) in [4.78, 5) is 4.75. The molecule has 0 N–H and O–H groups in total. The van der Waals surface area contributed by atoms with E-state index in [0.717, 1.165) is 62.4 Å². The van der Waals surface area contributed by atoms with Crippen molar-refractivity contribution in [2.24, 2.45) is 5.41 Å². The molecule has 0 saturated heterocycles. The van der Waals surface area contributed by atoms with E-state index in [-0.39, 0.29) is 26.5 Å². The molecule has 0 amide bonds. The second-order valence-electron chi connectivity index (χ2n) is 13.0. The third-order valence-electron chi connectivity index (χ3n) is 8.13. The van der Waals surface area contributed by atoms with Crippen molar-refractivity contribution in [1.82, 2.24) is 19.3 Å². The molecule has 0 bridgehead atoms. The molecule has 0 aliphatic rings. The van der Waals surface area contributed by atoms with Crippen LogP contribution >= 0.6 is 0 Å². The van der Waals surface area contributed by atoms with Gasteiger partial charge in [-0.1, -0.05) is 68.8 Å². The van der Waals surface area contributed by atoms with Crippen LogP contribution in [-0.2, 0) is 27.5 Å². The van der Waals surface area contributed by atoms with Gasteiger partial charge in [-0.05, 0) is 78.6 Å². The van der Waals surface area contributed by atoms with Gasteiger partial charge < -0.3 is 9.30 Å². The van der Waals surface area contributed by atoms with Crippen LogP contribution in [0.1, 0.15) is 43.3 Å². The smallest absolute Gasteiger partial charge is 0.509 e. The molecule has 0 aliphatic heterocycles. The van der Waals surface area contributed by atoms with E-state index < -0.39 is 0 Å². The van der Waals surface area contributed by atoms with Crippen LogP contribution in [0.5, 0.6) is 11.5 Å². The molecule has 46 heavy (non-hydrogen) atoms. The van der Waals surface area contributed by atoms with Crippen LogP contribution in [-0.4, -0.2) is 19.3 Å². The van der Waals surface area contributed by atoms with E-state index >= 15 is 0 Å². The van der Waals surface area contributed by atoms with Crippen molar-refractivity contribution in [1.29, 1.82) is 0 Å². The van der Waals surface area contributed by atoms with Crippen LogP contribution in [0.3, 0.4) is 0 Å². The standard InChI is InChI=1S/C40H36N4O.Pt/c1-26-19-20-41-38(21-26)43-36-18-15-29(25-40(4,5)6)22-35(36)34-17-16-33(24-37(34)43)45-32-14-10-13-31(23-32)44-28(3)39(27(2)42-44)30-11-8-7-9-12-30;/h7-22H,25H2,1-6H3;/q-2;+2. The van der Waals surface area contributed by atoms with Crippen molar-refractivity contribution >= 4 is 21.8 Å². The Morgan fingerprint density at radius 3 is 2.33 bits per heavy atom. The van der Waals surface area contributed by atoms with Gasteiger partial charge in [0, 0.05) is 34.5 Å². The van der Waals surface area contributed by atoms with Crippen LogP contribution < -0.4 is 4.74 Å². The summed E-state index contributed by atoms with van der Waals surface area (Å²) < 4.78 is 10.5. The number of ether oxygens (including phenoxy) is 1.